The number of piperidine rings is 1. The third-order valence-corrected chi connectivity index (χ3v) is 6.02. The maximum Gasteiger partial charge on any atom is 0.325 e. The van der Waals surface area contributed by atoms with Crippen molar-refractivity contribution in [3.8, 4) is 0 Å². The Bertz CT molecular complexity index is 739. The molecule has 1 atom stereocenters. The van der Waals surface area contributed by atoms with Crippen LogP contribution in [0.3, 0.4) is 0 Å². The van der Waals surface area contributed by atoms with Gasteiger partial charge < -0.3 is 10.4 Å². The molecule has 2 rings (SSSR count). The maximum absolute atomic E-state index is 12.7. The molecule has 1 fully saturated rings. The minimum absolute atomic E-state index is 0.0585. The number of hydrogen-bond acceptors (Lipinski definition) is 4. The Balaban J connectivity index is 2.31. The van der Waals surface area contributed by atoms with Crippen LogP contribution in [0.5, 0.6) is 0 Å². The van der Waals surface area contributed by atoms with E-state index in [9.17, 15) is 18.0 Å². The number of aryl methyl sites for hydroxylation is 1. The minimum Gasteiger partial charge on any atom is -0.480 e. The Morgan fingerprint density at radius 1 is 1.21 bits per heavy atom. The van der Waals surface area contributed by atoms with Gasteiger partial charge in [0, 0.05) is 18.7 Å². The molecule has 0 aliphatic carbocycles. The van der Waals surface area contributed by atoms with E-state index in [4.69, 9.17) is 5.11 Å². The fourth-order valence-corrected chi connectivity index (χ4v) is 4.14. The van der Waals surface area contributed by atoms with Crippen LogP contribution in [-0.4, -0.2) is 48.8 Å². The first-order valence-electron chi connectivity index (χ1n) is 7.88. The number of carboxylic acids is 1. The number of nitrogens with zero attached hydrogens (tertiary/aromatic N) is 1. The van der Waals surface area contributed by atoms with Crippen molar-refractivity contribution in [2.45, 2.75) is 44.0 Å². The second-order valence-corrected chi connectivity index (χ2v) is 7.91. The van der Waals surface area contributed by atoms with E-state index in [1.165, 1.54) is 23.4 Å². The molecule has 0 bridgehead atoms. The lowest BCUT2D eigenvalue weighted by atomic mass is 10.1. The highest BCUT2D eigenvalue weighted by Crippen LogP contribution is 2.22. The first kappa shape index (κ1) is 18.4. The highest BCUT2D eigenvalue weighted by molar-refractivity contribution is 7.89. The molecule has 0 spiro atoms. The van der Waals surface area contributed by atoms with Crippen molar-refractivity contribution in [1.82, 2.24) is 9.62 Å². The van der Waals surface area contributed by atoms with Gasteiger partial charge in [-0.3, -0.25) is 9.59 Å². The number of carboxylic acid groups (broad SMARTS) is 1. The Kier molecular flexibility index (Phi) is 5.61. The van der Waals surface area contributed by atoms with E-state index in [0.717, 1.165) is 19.3 Å². The lowest BCUT2D eigenvalue weighted by molar-refractivity contribution is -0.138. The van der Waals surface area contributed by atoms with Crippen molar-refractivity contribution in [2.24, 2.45) is 0 Å². The lowest BCUT2D eigenvalue weighted by Crippen LogP contribution is -2.39. The largest absolute Gasteiger partial charge is 0.480 e. The van der Waals surface area contributed by atoms with Crippen molar-refractivity contribution in [3.05, 3.63) is 29.3 Å². The molecule has 0 saturated carbocycles. The summed E-state index contributed by atoms with van der Waals surface area (Å²) in [5.41, 5.74) is 0.754. The van der Waals surface area contributed by atoms with E-state index in [2.05, 4.69) is 5.32 Å². The van der Waals surface area contributed by atoms with Gasteiger partial charge in [-0.15, -0.1) is 0 Å². The van der Waals surface area contributed by atoms with Crippen LogP contribution < -0.4 is 5.32 Å². The third kappa shape index (κ3) is 3.93. The van der Waals surface area contributed by atoms with Gasteiger partial charge in [-0.2, -0.15) is 4.31 Å². The number of rotatable bonds is 5. The highest BCUT2D eigenvalue weighted by Gasteiger charge is 2.27. The molecule has 8 heteroatoms. The smallest absolute Gasteiger partial charge is 0.325 e. The zero-order chi connectivity index (χ0) is 17.9. The van der Waals surface area contributed by atoms with E-state index in [-0.39, 0.29) is 10.5 Å². The van der Waals surface area contributed by atoms with Crippen molar-refractivity contribution in [2.75, 3.05) is 13.1 Å². The van der Waals surface area contributed by atoms with Gasteiger partial charge in [-0.1, -0.05) is 12.5 Å². The van der Waals surface area contributed by atoms with Crippen LogP contribution in [-0.2, 0) is 14.8 Å². The van der Waals surface area contributed by atoms with Crippen LogP contribution in [0.25, 0.3) is 0 Å². The van der Waals surface area contributed by atoms with Gasteiger partial charge in [0.1, 0.15) is 6.04 Å². The summed E-state index contributed by atoms with van der Waals surface area (Å²) in [6.07, 6.45) is 2.67. The quantitative estimate of drug-likeness (QED) is 0.831. The molecule has 2 N–H and O–H groups in total. The number of sulfonamides is 1. The summed E-state index contributed by atoms with van der Waals surface area (Å²) in [6, 6.07) is 3.32. The van der Waals surface area contributed by atoms with Gasteiger partial charge in [-0.25, -0.2) is 8.42 Å². The number of carbonyl (C=O) groups is 2. The predicted octanol–water partition coefficient (Wildman–Crippen LogP) is 1.37. The fourth-order valence-electron chi connectivity index (χ4n) is 2.60. The standard InChI is InChI=1S/C16H22N2O5S/c1-11-6-7-13(24(22,23)18-8-4-3-5-9-18)10-14(11)15(19)17-12(2)16(20)21/h6-7,10,12H,3-5,8-9H2,1-2H3,(H,17,19)(H,20,21). The Labute approximate surface area is 141 Å². The predicted molar refractivity (Wildman–Crippen MR) is 88.4 cm³/mol. The fraction of sp³-hybridized carbons (Fsp3) is 0.500. The molecule has 7 nitrogen and oxygen atoms in total. The minimum atomic E-state index is -3.64. The van der Waals surface area contributed by atoms with E-state index in [1.807, 2.05) is 0 Å². The molecule has 1 aliphatic rings. The van der Waals surface area contributed by atoms with Gasteiger partial charge in [0.15, 0.2) is 0 Å². The molecule has 1 aromatic carbocycles. The molecule has 1 saturated heterocycles. The monoisotopic (exact) mass is 354 g/mol. The molecule has 1 amide bonds. The Hall–Kier alpha value is -1.93. The van der Waals surface area contributed by atoms with Gasteiger partial charge in [-0.05, 0) is 44.4 Å². The summed E-state index contributed by atoms with van der Waals surface area (Å²) in [5.74, 6) is -1.75. The van der Waals surface area contributed by atoms with Crippen molar-refractivity contribution < 1.29 is 23.1 Å². The zero-order valence-corrected chi connectivity index (χ0v) is 14.6. The molecule has 1 aliphatic heterocycles. The normalized spacial score (nSPS) is 17.2. The highest BCUT2D eigenvalue weighted by atomic mass is 32.2. The zero-order valence-electron chi connectivity index (χ0n) is 13.8. The molecule has 1 aromatic rings. The molecule has 1 unspecified atom stereocenters. The first-order chi connectivity index (χ1) is 11.2. The summed E-state index contributed by atoms with van der Waals surface area (Å²) >= 11 is 0. The topological polar surface area (TPSA) is 104 Å². The molecule has 24 heavy (non-hydrogen) atoms. The second-order valence-electron chi connectivity index (χ2n) is 5.97. The second kappa shape index (κ2) is 7.31. The number of amides is 1. The van der Waals surface area contributed by atoms with Crippen LogP contribution in [0.15, 0.2) is 23.1 Å². The van der Waals surface area contributed by atoms with Crippen molar-refractivity contribution in [3.63, 3.8) is 0 Å². The van der Waals surface area contributed by atoms with Crippen molar-refractivity contribution in [1.29, 1.82) is 0 Å². The molecule has 132 valence electrons. The van der Waals surface area contributed by atoms with E-state index in [1.54, 1.807) is 13.0 Å². The average molecular weight is 354 g/mol. The van der Waals surface area contributed by atoms with Gasteiger partial charge in [0.2, 0.25) is 10.0 Å². The van der Waals surface area contributed by atoms with Crippen LogP contribution in [0.4, 0.5) is 0 Å². The number of carbonyl (C=O) groups excluding carboxylic acids is 1. The SMILES string of the molecule is Cc1ccc(S(=O)(=O)N2CCCCC2)cc1C(=O)NC(C)C(=O)O. The Morgan fingerprint density at radius 3 is 2.42 bits per heavy atom. The van der Waals surface area contributed by atoms with Gasteiger partial charge in [0.25, 0.3) is 5.91 Å². The van der Waals surface area contributed by atoms with E-state index >= 15 is 0 Å². The number of nitrogens with one attached hydrogen (secondary N) is 1. The maximum atomic E-state index is 12.7. The Morgan fingerprint density at radius 2 is 1.83 bits per heavy atom. The van der Waals surface area contributed by atoms with Crippen LogP contribution >= 0.6 is 0 Å². The summed E-state index contributed by atoms with van der Waals surface area (Å²) in [6.45, 7) is 3.99. The van der Waals surface area contributed by atoms with Crippen LogP contribution in [0, 0.1) is 6.92 Å². The number of benzene rings is 1. The lowest BCUT2D eigenvalue weighted by Gasteiger charge is -2.26. The molecular formula is C16H22N2O5S. The summed E-state index contributed by atoms with van der Waals surface area (Å²) in [5, 5.41) is 11.2. The van der Waals surface area contributed by atoms with E-state index in [0.29, 0.717) is 18.7 Å². The summed E-state index contributed by atoms with van der Waals surface area (Å²) < 4.78 is 26.8. The molecular weight excluding hydrogens is 332 g/mol. The number of hydrogen-bond donors (Lipinski definition) is 2. The number of aliphatic carboxylic acids is 1. The van der Waals surface area contributed by atoms with Crippen LogP contribution in [0.2, 0.25) is 0 Å². The summed E-state index contributed by atoms with van der Waals surface area (Å²) in [7, 11) is -3.64. The van der Waals surface area contributed by atoms with Crippen LogP contribution in [0.1, 0.15) is 42.1 Å². The van der Waals surface area contributed by atoms with E-state index < -0.39 is 27.9 Å². The summed E-state index contributed by atoms with van der Waals surface area (Å²) in [4.78, 5) is 23.2. The average Bonchev–Trinajstić information content (AvgIpc) is 2.55. The van der Waals surface area contributed by atoms with Gasteiger partial charge >= 0.3 is 5.97 Å². The molecule has 0 aromatic heterocycles. The molecule has 0 radical (unpaired) electrons. The molecule has 1 heterocycles. The third-order valence-electron chi connectivity index (χ3n) is 4.12. The van der Waals surface area contributed by atoms with Crippen molar-refractivity contribution >= 4 is 21.9 Å². The first-order valence-corrected chi connectivity index (χ1v) is 9.32. The van der Waals surface area contributed by atoms with Gasteiger partial charge in [0.05, 0.1) is 4.90 Å².